The number of aromatic nitrogens is 1. The Hall–Kier alpha value is -3.83. The largest absolute Gasteiger partial charge is 0.497 e. The fourth-order valence-electron chi connectivity index (χ4n) is 2.89. The first-order chi connectivity index (χ1) is 15.5. The molecular formula is C24H21N3O4S. The molecule has 1 N–H and O–H groups in total. The first-order valence-electron chi connectivity index (χ1n) is 9.71. The third-order valence-electron chi connectivity index (χ3n) is 4.54. The number of anilines is 1. The summed E-state index contributed by atoms with van der Waals surface area (Å²) in [4.78, 5) is 28.8. The van der Waals surface area contributed by atoms with Crippen LogP contribution < -0.4 is 10.1 Å². The smallest absolute Gasteiger partial charge is 0.339 e. The number of para-hydroxylation sites is 1. The number of carbonyl (C=O) groups is 2. The van der Waals surface area contributed by atoms with E-state index in [0.717, 1.165) is 17.0 Å². The number of hydrogen-bond donors (Lipinski definition) is 1. The van der Waals surface area contributed by atoms with Gasteiger partial charge in [-0.25, -0.2) is 9.78 Å². The summed E-state index contributed by atoms with van der Waals surface area (Å²) in [5.74, 6) is 0.393. The topological polar surface area (TPSA) is 101 Å². The maximum Gasteiger partial charge on any atom is 0.339 e. The van der Waals surface area contributed by atoms with Gasteiger partial charge in [-0.2, -0.15) is 5.26 Å². The molecular weight excluding hydrogens is 426 g/mol. The van der Waals surface area contributed by atoms with Crippen LogP contribution in [0.2, 0.25) is 0 Å². The van der Waals surface area contributed by atoms with Gasteiger partial charge in [0.2, 0.25) is 5.91 Å². The fraction of sp³-hybridized carbons (Fsp3) is 0.167. The number of thioether (sulfide) groups is 1. The van der Waals surface area contributed by atoms with E-state index >= 15 is 0 Å². The van der Waals surface area contributed by atoms with Gasteiger partial charge in [-0.3, -0.25) is 4.79 Å². The number of nitrogens with zero attached hydrogens (tertiary/aromatic N) is 2. The number of amides is 1. The van der Waals surface area contributed by atoms with Crippen molar-refractivity contribution in [1.82, 2.24) is 4.98 Å². The Morgan fingerprint density at radius 3 is 2.50 bits per heavy atom. The zero-order chi connectivity index (χ0) is 22.9. The highest BCUT2D eigenvalue weighted by Gasteiger charge is 2.14. The molecule has 8 heteroatoms. The molecule has 32 heavy (non-hydrogen) atoms. The second kappa shape index (κ2) is 11.0. The number of methoxy groups -OCH3 is 2. The number of esters is 1. The van der Waals surface area contributed by atoms with Crippen molar-refractivity contribution >= 4 is 29.3 Å². The summed E-state index contributed by atoms with van der Waals surface area (Å²) in [6.45, 7) is 0. The highest BCUT2D eigenvalue weighted by Crippen LogP contribution is 2.27. The Kier molecular flexibility index (Phi) is 7.84. The van der Waals surface area contributed by atoms with E-state index in [4.69, 9.17) is 9.47 Å². The molecule has 0 aliphatic heterocycles. The number of carbonyl (C=O) groups excluding carboxylic acids is 2. The van der Waals surface area contributed by atoms with Crippen LogP contribution in [0, 0.1) is 11.3 Å². The molecule has 0 saturated heterocycles. The van der Waals surface area contributed by atoms with Gasteiger partial charge in [0.15, 0.2) is 0 Å². The maximum absolute atomic E-state index is 12.4. The van der Waals surface area contributed by atoms with Crippen LogP contribution in [-0.4, -0.2) is 36.8 Å². The van der Waals surface area contributed by atoms with Gasteiger partial charge in [0.25, 0.3) is 0 Å². The third-order valence-corrected chi connectivity index (χ3v) is 5.53. The van der Waals surface area contributed by atoms with E-state index in [0.29, 0.717) is 22.0 Å². The first kappa shape index (κ1) is 22.8. The van der Waals surface area contributed by atoms with Gasteiger partial charge >= 0.3 is 5.97 Å². The lowest BCUT2D eigenvalue weighted by atomic mass is 10.1. The molecule has 0 aliphatic carbocycles. The lowest BCUT2D eigenvalue weighted by Gasteiger charge is -2.10. The number of pyridine rings is 1. The predicted molar refractivity (Wildman–Crippen MR) is 123 cm³/mol. The van der Waals surface area contributed by atoms with Gasteiger partial charge in [-0.15, -0.1) is 11.8 Å². The standard InChI is InChI=1S/C24H21N3O4S/c1-30-18-10-7-16(8-11-18)20-12-9-17(15-25)23(27-20)32-14-13-22(28)26-21-6-4-3-5-19(21)24(29)31-2/h3-12H,13-14H2,1-2H3,(H,26,28). The van der Waals surface area contributed by atoms with Crippen molar-refractivity contribution in [2.75, 3.05) is 25.3 Å². The van der Waals surface area contributed by atoms with Gasteiger partial charge in [-0.05, 0) is 48.5 Å². The lowest BCUT2D eigenvalue weighted by molar-refractivity contribution is -0.115. The summed E-state index contributed by atoms with van der Waals surface area (Å²) in [5.41, 5.74) is 2.76. The summed E-state index contributed by atoms with van der Waals surface area (Å²) >= 11 is 1.33. The molecule has 7 nitrogen and oxygen atoms in total. The molecule has 1 amide bonds. The fourth-order valence-corrected chi connectivity index (χ4v) is 3.80. The minimum atomic E-state index is -0.520. The Balaban J connectivity index is 1.66. The van der Waals surface area contributed by atoms with Crippen molar-refractivity contribution in [2.24, 2.45) is 0 Å². The highest BCUT2D eigenvalue weighted by molar-refractivity contribution is 7.99. The first-order valence-corrected chi connectivity index (χ1v) is 10.7. The molecule has 0 atom stereocenters. The summed E-state index contributed by atoms with van der Waals surface area (Å²) < 4.78 is 9.92. The van der Waals surface area contributed by atoms with Crippen molar-refractivity contribution < 1.29 is 19.1 Å². The van der Waals surface area contributed by atoms with E-state index in [-0.39, 0.29) is 17.9 Å². The Morgan fingerprint density at radius 1 is 1.06 bits per heavy atom. The van der Waals surface area contributed by atoms with Gasteiger partial charge in [-0.1, -0.05) is 12.1 Å². The van der Waals surface area contributed by atoms with Crippen molar-refractivity contribution in [3.8, 4) is 23.1 Å². The van der Waals surface area contributed by atoms with Crippen LogP contribution in [0.3, 0.4) is 0 Å². The molecule has 0 radical (unpaired) electrons. The second-order valence-electron chi connectivity index (χ2n) is 6.57. The summed E-state index contributed by atoms with van der Waals surface area (Å²) in [6.07, 6.45) is 0.180. The molecule has 3 rings (SSSR count). The molecule has 3 aromatic rings. The monoisotopic (exact) mass is 447 g/mol. The molecule has 1 heterocycles. The maximum atomic E-state index is 12.4. The third kappa shape index (κ3) is 5.65. The van der Waals surface area contributed by atoms with Crippen LogP contribution in [0.5, 0.6) is 5.75 Å². The van der Waals surface area contributed by atoms with Crippen molar-refractivity contribution in [3.63, 3.8) is 0 Å². The summed E-state index contributed by atoms with van der Waals surface area (Å²) in [6, 6.07) is 19.8. The van der Waals surface area contributed by atoms with E-state index in [1.165, 1.54) is 18.9 Å². The summed E-state index contributed by atoms with van der Waals surface area (Å²) in [5, 5.41) is 12.7. The minimum absolute atomic E-state index is 0.180. The number of nitrogens with one attached hydrogen (secondary N) is 1. The predicted octanol–water partition coefficient (Wildman–Crippen LogP) is 4.54. The SMILES string of the molecule is COC(=O)c1ccccc1NC(=O)CCSc1nc(-c2ccc(OC)cc2)ccc1C#N. The van der Waals surface area contributed by atoms with Gasteiger partial charge < -0.3 is 14.8 Å². The van der Waals surface area contributed by atoms with Crippen LogP contribution >= 0.6 is 11.8 Å². The van der Waals surface area contributed by atoms with E-state index in [1.807, 2.05) is 24.3 Å². The minimum Gasteiger partial charge on any atom is -0.497 e. The summed E-state index contributed by atoms with van der Waals surface area (Å²) in [7, 11) is 2.89. The number of benzene rings is 2. The molecule has 0 bridgehead atoms. The Labute approximate surface area is 190 Å². The van der Waals surface area contributed by atoms with Crippen molar-refractivity contribution in [3.05, 3.63) is 71.8 Å². The number of hydrogen-bond acceptors (Lipinski definition) is 7. The van der Waals surface area contributed by atoms with E-state index < -0.39 is 5.97 Å². The quantitative estimate of drug-likeness (QED) is 0.400. The van der Waals surface area contributed by atoms with E-state index in [9.17, 15) is 14.9 Å². The van der Waals surface area contributed by atoms with Crippen molar-refractivity contribution in [2.45, 2.75) is 11.4 Å². The van der Waals surface area contributed by atoms with Gasteiger partial charge in [0, 0.05) is 17.7 Å². The molecule has 2 aromatic carbocycles. The van der Waals surface area contributed by atoms with E-state index in [2.05, 4.69) is 16.4 Å². The van der Waals surface area contributed by atoms with Gasteiger partial charge in [0.1, 0.15) is 16.8 Å². The van der Waals surface area contributed by atoms with E-state index in [1.54, 1.807) is 43.5 Å². The average Bonchev–Trinajstić information content (AvgIpc) is 2.84. The van der Waals surface area contributed by atoms with Gasteiger partial charge in [0.05, 0.1) is 36.7 Å². The van der Waals surface area contributed by atoms with Crippen LogP contribution in [0.15, 0.2) is 65.7 Å². The zero-order valence-corrected chi connectivity index (χ0v) is 18.4. The Morgan fingerprint density at radius 2 is 1.81 bits per heavy atom. The number of nitriles is 1. The normalized spacial score (nSPS) is 10.2. The molecule has 1 aromatic heterocycles. The van der Waals surface area contributed by atoms with Crippen LogP contribution in [0.4, 0.5) is 5.69 Å². The molecule has 0 fully saturated rings. The molecule has 0 spiro atoms. The second-order valence-corrected chi connectivity index (χ2v) is 7.66. The molecule has 0 unspecified atom stereocenters. The van der Waals surface area contributed by atoms with Crippen LogP contribution in [-0.2, 0) is 9.53 Å². The van der Waals surface area contributed by atoms with Crippen molar-refractivity contribution in [1.29, 1.82) is 5.26 Å². The van der Waals surface area contributed by atoms with Crippen LogP contribution in [0.25, 0.3) is 11.3 Å². The molecule has 0 saturated carbocycles. The Bertz CT molecular complexity index is 1160. The number of ether oxygens (including phenoxy) is 2. The molecule has 0 aliphatic rings. The average molecular weight is 448 g/mol. The molecule has 162 valence electrons. The highest BCUT2D eigenvalue weighted by atomic mass is 32.2. The number of rotatable bonds is 8. The zero-order valence-electron chi connectivity index (χ0n) is 17.6. The van der Waals surface area contributed by atoms with Crippen LogP contribution in [0.1, 0.15) is 22.3 Å². The lowest BCUT2D eigenvalue weighted by Crippen LogP contribution is -2.15.